The van der Waals surface area contributed by atoms with Gasteiger partial charge in [-0.1, -0.05) is 45.9 Å². The number of nitriles is 1. The zero-order valence-electron chi connectivity index (χ0n) is 10.2. The van der Waals surface area contributed by atoms with Crippen LogP contribution in [0.2, 0.25) is 0 Å². The number of halogens is 1. The van der Waals surface area contributed by atoms with Gasteiger partial charge in [0.2, 0.25) is 0 Å². The van der Waals surface area contributed by atoms with E-state index in [4.69, 9.17) is 5.26 Å². The van der Waals surface area contributed by atoms with Crippen molar-refractivity contribution in [1.82, 2.24) is 9.55 Å². The molecule has 0 amide bonds. The monoisotopic (exact) mass is 333 g/mol. The molecule has 5 heteroatoms. The Balaban J connectivity index is 2.39. The number of thioether (sulfide) groups is 1. The van der Waals surface area contributed by atoms with Crippen LogP contribution in [0.5, 0.6) is 0 Å². The van der Waals surface area contributed by atoms with Crippen molar-refractivity contribution >= 4 is 27.7 Å². The molecule has 3 nitrogen and oxygen atoms in total. The molecule has 0 aliphatic heterocycles. The van der Waals surface area contributed by atoms with Gasteiger partial charge in [0.1, 0.15) is 0 Å². The van der Waals surface area contributed by atoms with Gasteiger partial charge < -0.3 is 4.57 Å². The molecule has 19 heavy (non-hydrogen) atoms. The topological polar surface area (TPSA) is 41.6 Å². The smallest absolute Gasteiger partial charge is 0.169 e. The minimum Gasteiger partial charge on any atom is -0.315 e. The van der Waals surface area contributed by atoms with Gasteiger partial charge >= 0.3 is 0 Å². The molecule has 2 aromatic rings. The van der Waals surface area contributed by atoms with E-state index in [0.717, 1.165) is 20.9 Å². The molecule has 0 saturated carbocycles. The summed E-state index contributed by atoms with van der Waals surface area (Å²) in [6, 6.07) is 10.2. The fraction of sp³-hybridized carbons (Fsp3) is 0.143. The Morgan fingerprint density at radius 1 is 1.42 bits per heavy atom. The van der Waals surface area contributed by atoms with Crippen LogP contribution < -0.4 is 0 Å². The van der Waals surface area contributed by atoms with Crippen molar-refractivity contribution in [3.8, 4) is 17.3 Å². The summed E-state index contributed by atoms with van der Waals surface area (Å²) in [6.07, 6.45) is 3.67. The first-order valence-electron chi connectivity index (χ1n) is 5.68. The van der Waals surface area contributed by atoms with Crippen molar-refractivity contribution in [1.29, 1.82) is 5.26 Å². The summed E-state index contributed by atoms with van der Waals surface area (Å²) >= 11 is 4.87. The molecular formula is C14H12BrN3S. The molecule has 1 aromatic heterocycles. The molecule has 0 aliphatic carbocycles. The van der Waals surface area contributed by atoms with Crippen LogP contribution >= 0.6 is 27.7 Å². The number of nitrogens with zero attached hydrogens (tertiary/aromatic N) is 3. The summed E-state index contributed by atoms with van der Waals surface area (Å²) < 4.78 is 3.11. The van der Waals surface area contributed by atoms with Gasteiger partial charge in [-0.15, -0.1) is 6.58 Å². The second kappa shape index (κ2) is 6.60. The van der Waals surface area contributed by atoms with E-state index in [-0.39, 0.29) is 0 Å². The molecule has 0 fully saturated rings. The molecule has 0 N–H and O–H groups in total. The highest BCUT2D eigenvalue weighted by molar-refractivity contribution is 9.10. The average molecular weight is 334 g/mol. The maximum atomic E-state index is 8.67. The van der Waals surface area contributed by atoms with Crippen molar-refractivity contribution in [2.75, 3.05) is 5.75 Å². The van der Waals surface area contributed by atoms with Crippen molar-refractivity contribution < 1.29 is 0 Å². The highest BCUT2D eigenvalue weighted by atomic mass is 79.9. The second-order valence-corrected chi connectivity index (χ2v) is 5.64. The summed E-state index contributed by atoms with van der Waals surface area (Å²) in [5, 5.41) is 9.52. The molecule has 0 atom stereocenters. The number of allylic oxidation sites excluding steroid dienone is 1. The van der Waals surface area contributed by atoms with E-state index < -0.39 is 0 Å². The molecule has 2 rings (SSSR count). The molecule has 0 aliphatic rings. The summed E-state index contributed by atoms with van der Waals surface area (Å²) in [7, 11) is 0. The van der Waals surface area contributed by atoms with Crippen molar-refractivity contribution in [3.05, 3.63) is 47.6 Å². The van der Waals surface area contributed by atoms with E-state index >= 15 is 0 Å². The standard InChI is InChI=1S/C14H12BrN3S/c1-2-8-18-13(10-17-14(18)19-9-7-16)11-3-5-12(15)6-4-11/h2-6,10H,1,8-9H2. The van der Waals surface area contributed by atoms with Crippen LogP contribution in [0.15, 0.2) is 52.7 Å². The van der Waals surface area contributed by atoms with Gasteiger partial charge in [0.15, 0.2) is 5.16 Å². The minimum absolute atomic E-state index is 0.397. The summed E-state index contributed by atoms with van der Waals surface area (Å²) in [4.78, 5) is 4.39. The minimum atomic E-state index is 0.397. The van der Waals surface area contributed by atoms with Gasteiger partial charge in [-0.05, 0) is 17.7 Å². The van der Waals surface area contributed by atoms with Gasteiger partial charge in [-0.25, -0.2) is 4.98 Å². The van der Waals surface area contributed by atoms with Crippen LogP contribution in [0.3, 0.4) is 0 Å². The lowest BCUT2D eigenvalue weighted by Crippen LogP contribution is -2.00. The lowest BCUT2D eigenvalue weighted by Gasteiger charge is -2.08. The van der Waals surface area contributed by atoms with E-state index in [9.17, 15) is 0 Å². The Morgan fingerprint density at radius 3 is 2.79 bits per heavy atom. The van der Waals surface area contributed by atoms with Crippen LogP contribution in [-0.2, 0) is 6.54 Å². The molecular weight excluding hydrogens is 322 g/mol. The van der Waals surface area contributed by atoms with Crippen molar-refractivity contribution in [2.24, 2.45) is 0 Å². The van der Waals surface area contributed by atoms with Gasteiger partial charge in [0.25, 0.3) is 0 Å². The van der Waals surface area contributed by atoms with Gasteiger partial charge in [0.05, 0.1) is 23.7 Å². The number of benzene rings is 1. The number of aromatic nitrogens is 2. The molecule has 0 unspecified atom stereocenters. The zero-order valence-corrected chi connectivity index (χ0v) is 12.6. The Bertz CT molecular complexity index is 611. The van der Waals surface area contributed by atoms with E-state index in [0.29, 0.717) is 12.3 Å². The van der Waals surface area contributed by atoms with Gasteiger partial charge in [-0.2, -0.15) is 5.26 Å². The Labute approximate surface area is 125 Å². The predicted octanol–water partition coefficient (Wildman–Crippen LogP) is 4.11. The average Bonchev–Trinajstić information content (AvgIpc) is 2.81. The number of rotatable bonds is 5. The molecule has 0 saturated heterocycles. The maximum Gasteiger partial charge on any atom is 0.169 e. The van der Waals surface area contributed by atoms with Crippen LogP contribution in [0, 0.1) is 11.3 Å². The fourth-order valence-corrected chi connectivity index (χ4v) is 2.64. The predicted molar refractivity (Wildman–Crippen MR) is 81.9 cm³/mol. The van der Waals surface area contributed by atoms with E-state index in [2.05, 4.69) is 38.1 Å². The van der Waals surface area contributed by atoms with Crippen LogP contribution in [0.1, 0.15) is 0 Å². The number of hydrogen-bond acceptors (Lipinski definition) is 3. The first-order chi connectivity index (χ1) is 9.26. The third kappa shape index (κ3) is 3.28. The summed E-state index contributed by atoms with van der Waals surface area (Å²) in [5.74, 6) is 0.397. The quantitative estimate of drug-likeness (QED) is 0.610. The molecule has 0 radical (unpaired) electrons. The lowest BCUT2D eigenvalue weighted by molar-refractivity contribution is 0.732. The Morgan fingerprint density at radius 2 is 2.16 bits per heavy atom. The van der Waals surface area contributed by atoms with Gasteiger partial charge in [0, 0.05) is 11.0 Å². The Kier molecular flexibility index (Phi) is 4.83. The van der Waals surface area contributed by atoms with Crippen LogP contribution in [-0.4, -0.2) is 15.3 Å². The number of hydrogen-bond donors (Lipinski definition) is 0. The molecule has 0 spiro atoms. The highest BCUT2D eigenvalue weighted by Gasteiger charge is 2.11. The van der Waals surface area contributed by atoms with Crippen molar-refractivity contribution in [2.45, 2.75) is 11.7 Å². The fourth-order valence-electron chi connectivity index (χ4n) is 1.73. The normalized spacial score (nSPS) is 10.1. The maximum absolute atomic E-state index is 8.67. The highest BCUT2D eigenvalue weighted by Crippen LogP contribution is 2.27. The lowest BCUT2D eigenvalue weighted by atomic mass is 10.2. The SMILES string of the molecule is C=CCn1c(-c2ccc(Br)cc2)cnc1SCC#N. The van der Waals surface area contributed by atoms with E-state index in [1.807, 2.05) is 36.5 Å². The number of imidazole rings is 1. The van der Waals surface area contributed by atoms with E-state index in [1.54, 1.807) is 0 Å². The molecule has 0 bridgehead atoms. The molecule has 1 aromatic carbocycles. The van der Waals surface area contributed by atoms with Gasteiger partial charge in [-0.3, -0.25) is 0 Å². The van der Waals surface area contributed by atoms with Crippen LogP contribution in [0.25, 0.3) is 11.3 Å². The van der Waals surface area contributed by atoms with E-state index in [1.165, 1.54) is 11.8 Å². The molecule has 96 valence electrons. The second-order valence-electron chi connectivity index (χ2n) is 3.78. The zero-order chi connectivity index (χ0) is 13.7. The Hall–Kier alpha value is -1.51. The third-order valence-electron chi connectivity index (χ3n) is 2.54. The molecule has 1 heterocycles. The summed E-state index contributed by atoms with van der Waals surface area (Å²) in [5.41, 5.74) is 2.13. The van der Waals surface area contributed by atoms with Crippen LogP contribution in [0.4, 0.5) is 0 Å². The first-order valence-corrected chi connectivity index (χ1v) is 7.46. The first kappa shape index (κ1) is 13.9. The third-order valence-corrected chi connectivity index (χ3v) is 3.92. The largest absolute Gasteiger partial charge is 0.315 e. The summed E-state index contributed by atoms with van der Waals surface area (Å²) in [6.45, 7) is 4.46. The van der Waals surface area contributed by atoms with Crippen molar-refractivity contribution in [3.63, 3.8) is 0 Å².